The molecule has 1 spiro atoms. The van der Waals surface area contributed by atoms with Gasteiger partial charge in [0.15, 0.2) is 0 Å². The van der Waals surface area contributed by atoms with Crippen molar-refractivity contribution in [3.8, 4) is 22.4 Å². The maximum absolute atomic E-state index is 13.9. The molecule has 4 amide bonds. The number of hydrogen-bond donors (Lipinski definition) is 3. The molecule has 3 N–H and O–H groups in total. The first-order valence-electron chi connectivity index (χ1n) is 21.9. The van der Waals surface area contributed by atoms with Crippen molar-refractivity contribution in [2.45, 2.75) is 95.9 Å². The van der Waals surface area contributed by atoms with E-state index in [2.05, 4.69) is 74.0 Å². The lowest BCUT2D eigenvalue weighted by Crippen LogP contribution is -2.53. The molecule has 1 saturated carbocycles. The summed E-state index contributed by atoms with van der Waals surface area (Å²) in [4.78, 5) is 72.1. The van der Waals surface area contributed by atoms with Crippen molar-refractivity contribution < 1.29 is 37.1 Å². The number of likely N-dealkylation sites (tertiary alicyclic amines) is 2. The molecule has 65 heavy (non-hydrogen) atoms. The number of rotatable bonds is 12. The van der Waals surface area contributed by atoms with E-state index in [9.17, 15) is 19.2 Å². The molecule has 4 heterocycles. The SMILES string of the molecule is O=S=O.[C-]#[N+][C@H]1C[C@@H](c2ncc(-c3ccc(-c4ccc5cc(C6=CN=C([C@@H]7CC8(CC8)CN7C(=O)[C@@H](NC(=O)OC)C(C)C)C6)ccc5c4)cc3)[nH]2)N(C(=O)[C@H](CCC)NC(=O)OC)C1. The third-order valence-electron chi connectivity index (χ3n) is 13.0. The van der Waals surface area contributed by atoms with E-state index in [1.807, 2.05) is 44.0 Å². The minimum absolute atomic E-state index is 0.0761. The summed E-state index contributed by atoms with van der Waals surface area (Å²) >= 11 is -0.750. The highest BCUT2D eigenvalue weighted by atomic mass is 32.1. The van der Waals surface area contributed by atoms with Crippen molar-refractivity contribution in [3.05, 3.63) is 95.9 Å². The van der Waals surface area contributed by atoms with Gasteiger partial charge < -0.3 is 39.7 Å². The first-order valence-corrected chi connectivity index (χ1v) is 22.5. The summed E-state index contributed by atoms with van der Waals surface area (Å²) < 4.78 is 26.2. The number of hydrogen-bond acceptors (Lipinski definition) is 10. The second-order valence-electron chi connectivity index (χ2n) is 17.6. The zero-order chi connectivity index (χ0) is 46.4. The Hall–Kier alpha value is -6.67. The van der Waals surface area contributed by atoms with Crippen LogP contribution >= 0.6 is 0 Å². The number of methoxy groups -OCH3 is 2. The van der Waals surface area contributed by atoms with E-state index in [0.717, 1.165) is 69.3 Å². The molecule has 2 saturated heterocycles. The van der Waals surface area contributed by atoms with Crippen molar-refractivity contribution in [1.82, 2.24) is 30.4 Å². The van der Waals surface area contributed by atoms with Gasteiger partial charge in [0.1, 0.15) is 17.9 Å². The van der Waals surface area contributed by atoms with Crippen LogP contribution in [-0.2, 0) is 30.6 Å². The molecular weight excluding hydrogens is 849 g/mol. The average Bonchev–Trinajstić information content (AvgIpc) is 3.81. The molecule has 0 unspecified atom stereocenters. The Morgan fingerprint density at radius 2 is 1.52 bits per heavy atom. The first kappa shape index (κ1) is 46.3. The first-order chi connectivity index (χ1) is 31.3. The fourth-order valence-corrected chi connectivity index (χ4v) is 9.31. The lowest BCUT2D eigenvalue weighted by Gasteiger charge is -2.31. The normalized spacial score (nSPS) is 20.2. The zero-order valence-electron chi connectivity index (χ0n) is 37.2. The van der Waals surface area contributed by atoms with E-state index in [0.29, 0.717) is 38.1 Å². The van der Waals surface area contributed by atoms with Crippen molar-refractivity contribution in [1.29, 1.82) is 0 Å². The monoisotopic (exact) mass is 902 g/mol. The molecule has 1 aliphatic carbocycles. The minimum Gasteiger partial charge on any atom is -0.453 e. The Balaban J connectivity index is 0.00000204. The highest BCUT2D eigenvalue weighted by Gasteiger charge is 2.55. The van der Waals surface area contributed by atoms with Crippen molar-refractivity contribution >= 4 is 57.6 Å². The summed E-state index contributed by atoms with van der Waals surface area (Å²) in [6, 6.07) is 18.9. The maximum Gasteiger partial charge on any atom is 0.407 e. The van der Waals surface area contributed by atoms with Gasteiger partial charge in [-0.2, -0.15) is 8.42 Å². The number of aromatic nitrogens is 2. The van der Waals surface area contributed by atoms with Gasteiger partial charge in [0, 0.05) is 24.9 Å². The standard InChI is InChI=1S/C48H54N8O6.O2S/c1-7-8-37(53-46(59)61-5)44(57)55-26-36(49-4)22-40(55)43-51-25-39(52-43)30-11-9-29(10-12-30)31-13-14-33-20-34(16-15-32(33)19-31)35-21-38(50-24-35)41-23-48(17-18-48)27-56(41)45(58)42(28(2)3)54-47(60)62-6;1-3-2/h9-16,19-20,24-25,28,36-37,40-42H,7-8,17-18,21-23,26-27H2,1-3,5-6H3,(H,51,52)(H,53,59)(H,54,60);/t36-,37-,40-,41-,42-;/m0./s1. The Bertz CT molecular complexity index is 2590. The lowest BCUT2D eigenvalue weighted by atomic mass is 9.93. The van der Waals surface area contributed by atoms with E-state index in [1.54, 1.807) is 11.1 Å². The number of nitrogens with zero attached hydrogens (tertiary/aromatic N) is 5. The number of alkyl carbamates (subject to hydrolysis) is 2. The molecule has 8 rings (SSSR count). The molecule has 16 nitrogen and oxygen atoms in total. The van der Waals surface area contributed by atoms with Gasteiger partial charge in [-0.15, -0.1) is 0 Å². The molecule has 340 valence electrons. The van der Waals surface area contributed by atoms with Crippen LogP contribution in [0.1, 0.15) is 83.1 Å². The van der Waals surface area contributed by atoms with Crippen molar-refractivity contribution in [3.63, 3.8) is 0 Å². The molecule has 17 heteroatoms. The van der Waals surface area contributed by atoms with Crippen LogP contribution in [0.2, 0.25) is 0 Å². The third kappa shape index (κ3) is 10.2. The highest BCUT2D eigenvalue weighted by molar-refractivity contribution is 7.51. The van der Waals surface area contributed by atoms with E-state index in [-0.39, 0.29) is 41.8 Å². The Labute approximate surface area is 381 Å². The molecule has 1 aromatic heterocycles. The van der Waals surface area contributed by atoms with Gasteiger partial charge in [-0.05, 0) is 87.7 Å². The Morgan fingerprint density at radius 3 is 2.15 bits per heavy atom. The summed E-state index contributed by atoms with van der Waals surface area (Å²) in [6.45, 7) is 14.4. The van der Waals surface area contributed by atoms with E-state index in [4.69, 9.17) is 29.5 Å². The smallest absolute Gasteiger partial charge is 0.407 e. The summed E-state index contributed by atoms with van der Waals surface area (Å²) in [5.41, 5.74) is 7.26. The van der Waals surface area contributed by atoms with Gasteiger partial charge >= 0.3 is 23.8 Å². The van der Waals surface area contributed by atoms with Gasteiger partial charge in [0.05, 0.1) is 51.2 Å². The summed E-state index contributed by atoms with van der Waals surface area (Å²) in [5, 5.41) is 7.66. The van der Waals surface area contributed by atoms with Gasteiger partial charge in [-0.3, -0.25) is 14.6 Å². The molecule has 0 radical (unpaired) electrons. The highest BCUT2D eigenvalue weighted by Crippen LogP contribution is 2.55. The van der Waals surface area contributed by atoms with Gasteiger partial charge in [-0.1, -0.05) is 75.7 Å². The Kier molecular flexibility index (Phi) is 14.3. The lowest BCUT2D eigenvalue weighted by molar-refractivity contribution is -0.135. The maximum atomic E-state index is 13.9. The van der Waals surface area contributed by atoms with Crippen LogP contribution in [0.4, 0.5) is 9.59 Å². The van der Waals surface area contributed by atoms with Gasteiger partial charge in [0.2, 0.25) is 17.9 Å². The average molecular weight is 903 g/mol. The minimum atomic E-state index is -0.752. The van der Waals surface area contributed by atoms with Crippen LogP contribution < -0.4 is 10.6 Å². The number of aliphatic imine (C=N–C) groups is 1. The number of carbonyl (C=O) groups excluding carboxylic acids is 4. The predicted molar refractivity (Wildman–Crippen MR) is 246 cm³/mol. The zero-order valence-corrected chi connectivity index (χ0v) is 38.0. The van der Waals surface area contributed by atoms with Crippen LogP contribution in [-0.4, -0.2) is 109 Å². The van der Waals surface area contributed by atoms with Crippen molar-refractivity contribution in [2.24, 2.45) is 16.3 Å². The number of allylic oxidation sites excluding steroid dienone is 1. The number of aromatic amines is 1. The van der Waals surface area contributed by atoms with Crippen LogP contribution in [0.15, 0.2) is 78.1 Å². The number of fused-ring (bicyclic) bond motifs is 1. The fourth-order valence-electron chi connectivity index (χ4n) is 9.31. The largest absolute Gasteiger partial charge is 0.453 e. The number of H-pyrrole nitrogens is 1. The van der Waals surface area contributed by atoms with Crippen LogP contribution in [0, 0.1) is 17.9 Å². The number of nitrogens with one attached hydrogen (secondary N) is 3. The van der Waals surface area contributed by atoms with E-state index in [1.165, 1.54) is 14.2 Å². The van der Waals surface area contributed by atoms with Gasteiger partial charge in [0.25, 0.3) is 0 Å². The number of carbonyl (C=O) groups is 4. The number of imidazole rings is 1. The molecule has 3 aromatic carbocycles. The quantitative estimate of drug-likeness (QED) is 0.123. The molecular formula is C48H54N8O8S. The number of benzene rings is 3. The molecule has 3 aliphatic heterocycles. The number of ether oxygens (including phenoxy) is 2. The summed E-state index contributed by atoms with van der Waals surface area (Å²) in [5.74, 6) is 0.189. The molecule has 4 aromatic rings. The molecule has 3 fully saturated rings. The topological polar surface area (TPSA) is 197 Å². The third-order valence-corrected chi connectivity index (χ3v) is 13.0. The summed E-state index contributed by atoms with van der Waals surface area (Å²) in [6.07, 6.45) is 7.82. The van der Waals surface area contributed by atoms with Gasteiger partial charge in [-0.25, -0.2) is 21.1 Å². The Morgan fingerprint density at radius 1 is 0.892 bits per heavy atom. The fraction of sp³-hybridized carbons (Fsp3) is 0.438. The second kappa shape index (κ2) is 20.0. The molecule has 4 aliphatic rings. The number of amides is 4. The van der Waals surface area contributed by atoms with E-state index >= 15 is 0 Å². The van der Waals surface area contributed by atoms with Crippen molar-refractivity contribution in [2.75, 3.05) is 27.3 Å². The second-order valence-corrected chi connectivity index (χ2v) is 17.7. The van der Waals surface area contributed by atoms with Crippen LogP contribution in [0.3, 0.4) is 0 Å². The molecule has 0 bridgehead atoms. The van der Waals surface area contributed by atoms with E-state index < -0.39 is 41.9 Å². The predicted octanol–water partition coefficient (Wildman–Crippen LogP) is 7.26. The summed E-state index contributed by atoms with van der Waals surface area (Å²) in [7, 11) is 2.58. The molecule has 5 atom stereocenters. The van der Waals surface area contributed by atoms with Crippen LogP contribution in [0.25, 0.3) is 43.6 Å². The van der Waals surface area contributed by atoms with Crippen LogP contribution in [0.5, 0.6) is 0 Å².